The Morgan fingerprint density at radius 2 is 2.08 bits per heavy atom. The van der Waals surface area contributed by atoms with Crippen LogP contribution in [0.25, 0.3) is 0 Å². The van der Waals surface area contributed by atoms with Crippen LogP contribution in [0.4, 0.5) is 0 Å². The lowest BCUT2D eigenvalue weighted by atomic mass is 10.1. The highest BCUT2D eigenvalue weighted by atomic mass is 16.5. The van der Waals surface area contributed by atoms with Gasteiger partial charge in [-0.1, -0.05) is 0 Å². The SMILES string of the molecule is CC(C)(C)NCC1CCCCO1. The van der Waals surface area contributed by atoms with Crippen LogP contribution in [0.15, 0.2) is 0 Å². The molecule has 12 heavy (non-hydrogen) atoms. The summed E-state index contributed by atoms with van der Waals surface area (Å²) >= 11 is 0. The second-order valence-electron chi connectivity index (χ2n) is 4.62. The quantitative estimate of drug-likeness (QED) is 0.685. The van der Waals surface area contributed by atoms with E-state index >= 15 is 0 Å². The number of nitrogens with one attached hydrogen (secondary N) is 1. The molecule has 1 saturated heterocycles. The van der Waals surface area contributed by atoms with Gasteiger partial charge in [-0.3, -0.25) is 0 Å². The number of ether oxygens (including phenoxy) is 1. The van der Waals surface area contributed by atoms with Crippen LogP contribution in [0, 0.1) is 0 Å². The summed E-state index contributed by atoms with van der Waals surface area (Å²) in [4.78, 5) is 0. The third-order valence-electron chi connectivity index (χ3n) is 2.13. The zero-order valence-corrected chi connectivity index (χ0v) is 8.52. The Labute approximate surface area is 75.7 Å². The first-order valence-corrected chi connectivity index (χ1v) is 4.94. The van der Waals surface area contributed by atoms with Crippen LogP contribution < -0.4 is 5.32 Å². The van der Waals surface area contributed by atoms with Crippen molar-refractivity contribution in [2.24, 2.45) is 0 Å². The zero-order valence-electron chi connectivity index (χ0n) is 8.52. The zero-order chi connectivity index (χ0) is 9.03. The van der Waals surface area contributed by atoms with E-state index in [2.05, 4.69) is 26.1 Å². The van der Waals surface area contributed by atoms with Crippen LogP contribution in [0.2, 0.25) is 0 Å². The minimum absolute atomic E-state index is 0.223. The second-order valence-corrected chi connectivity index (χ2v) is 4.62. The summed E-state index contributed by atoms with van der Waals surface area (Å²) in [6, 6.07) is 0. The molecule has 1 heterocycles. The predicted molar refractivity (Wildman–Crippen MR) is 51.3 cm³/mol. The van der Waals surface area contributed by atoms with Crippen LogP contribution in [0.1, 0.15) is 40.0 Å². The second kappa shape index (κ2) is 4.24. The van der Waals surface area contributed by atoms with Gasteiger partial charge in [-0.05, 0) is 40.0 Å². The van der Waals surface area contributed by atoms with E-state index in [-0.39, 0.29) is 5.54 Å². The summed E-state index contributed by atoms with van der Waals surface area (Å²) in [5.74, 6) is 0. The van der Waals surface area contributed by atoms with Gasteiger partial charge in [0.1, 0.15) is 0 Å². The molecular formula is C10H21NO. The highest BCUT2D eigenvalue weighted by Crippen LogP contribution is 2.12. The van der Waals surface area contributed by atoms with E-state index in [0.717, 1.165) is 13.2 Å². The molecule has 0 aliphatic carbocycles. The standard InChI is InChI=1S/C10H21NO/c1-10(2,3)11-8-9-6-4-5-7-12-9/h9,11H,4-8H2,1-3H3. The van der Waals surface area contributed by atoms with E-state index in [9.17, 15) is 0 Å². The summed E-state index contributed by atoms with van der Waals surface area (Å²) in [6.07, 6.45) is 4.25. The summed E-state index contributed by atoms with van der Waals surface area (Å²) < 4.78 is 5.61. The van der Waals surface area contributed by atoms with Crippen LogP contribution in [-0.4, -0.2) is 24.8 Å². The van der Waals surface area contributed by atoms with E-state index in [1.165, 1.54) is 19.3 Å². The Hall–Kier alpha value is -0.0800. The first kappa shape index (κ1) is 10.0. The summed E-state index contributed by atoms with van der Waals surface area (Å²) in [7, 11) is 0. The third-order valence-corrected chi connectivity index (χ3v) is 2.13. The molecule has 72 valence electrons. The predicted octanol–water partition coefficient (Wildman–Crippen LogP) is 1.94. The number of hydrogen-bond donors (Lipinski definition) is 1. The fourth-order valence-corrected chi connectivity index (χ4v) is 1.39. The van der Waals surface area contributed by atoms with Gasteiger partial charge in [0.15, 0.2) is 0 Å². The monoisotopic (exact) mass is 171 g/mol. The van der Waals surface area contributed by atoms with Crippen molar-refractivity contribution in [2.75, 3.05) is 13.2 Å². The molecule has 1 fully saturated rings. The van der Waals surface area contributed by atoms with Gasteiger partial charge in [-0.15, -0.1) is 0 Å². The minimum atomic E-state index is 0.223. The summed E-state index contributed by atoms with van der Waals surface area (Å²) in [5.41, 5.74) is 0.223. The molecule has 0 aromatic carbocycles. The van der Waals surface area contributed by atoms with Crippen LogP contribution in [0.3, 0.4) is 0 Å². The van der Waals surface area contributed by atoms with E-state index in [0.29, 0.717) is 6.10 Å². The Morgan fingerprint density at radius 3 is 2.58 bits per heavy atom. The van der Waals surface area contributed by atoms with Crippen LogP contribution in [-0.2, 0) is 4.74 Å². The fraction of sp³-hybridized carbons (Fsp3) is 1.00. The van der Waals surface area contributed by atoms with Crippen molar-refractivity contribution in [3.8, 4) is 0 Å². The van der Waals surface area contributed by atoms with Gasteiger partial charge < -0.3 is 10.1 Å². The molecule has 0 saturated carbocycles. The van der Waals surface area contributed by atoms with Crippen molar-refractivity contribution in [3.05, 3.63) is 0 Å². The van der Waals surface area contributed by atoms with Gasteiger partial charge in [0.2, 0.25) is 0 Å². The molecule has 1 atom stereocenters. The maximum Gasteiger partial charge on any atom is 0.0699 e. The highest BCUT2D eigenvalue weighted by molar-refractivity contribution is 4.74. The van der Waals surface area contributed by atoms with Crippen LogP contribution in [0.5, 0.6) is 0 Å². The molecule has 1 aliphatic rings. The Balaban J connectivity index is 2.13. The van der Waals surface area contributed by atoms with Crippen molar-refractivity contribution in [1.82, 2.24) is 5.32 Å². The maximum absolute atomic E-state index is 5.61. The third kappa shape index (κ3) is 4.07. The Morgan fingerprint density at radius 1 is 1.33 bits per heavy atom. The van der Waals surface area contributed by atoms with Crippen molar-refractivity contribution < 1.29 is 4.74 Å². The Bertz CT molecular complexity index is 122. The van der Waals surface area contributed by atoms with Gasteiger partial charge in [-0.25, -0.2) is 0 Å². The van der Waals surface area contributed by atoms with E-state index in [4.69, 9.17) is 4.74 Å². The smallest absolute Gasteiger partial charge is 0.0699 e. The van der Waals surface area contributed by atoms with E-state index < -0.39 is 0 Å². The molecule has 1 aliphatic heterocycles. The van der Waals surface area contributed by atoms with Gasteiger partial charge in [0.25, 0.3) is 0 Å². The molecule has 0 spiro atoms. The lowest BCUT2D eigenvalue weighted by molar-refractivity contribution is 0.0136. The van der Waals surface area contributed by atoms with Crippen molar-refractivity contribution >= 4 is 0 Å². The summed E-state index contributed by atoms with van der Waals surface area (Å²) in [5, 5.41) is 3.47. The molecule has 0 radical (unpaired) electrons. The molecule has 0 aromatic heterocycles. The molecule has 0 bridgehead atoms. The maximum atomic E-state index is 5.61. The van der Waals surface area contributed by atoms with Gasteiger partial charge in [0, 0.05) is 18.7 Å². The molecule has 1 rings (SSSR count). The lowest BCUT2D eigenvalue weighted by Crippen LogP contribution is -2.42. The highest BCUT2D eigenvalue weighted by Gasteiger charge is 2.16. The van der Waals surface area contributed by atoms with Gasteiger partial charge in [-0.2, -0.15) is 0 Å². The van der Waals surface area contributed by atoms with Crippen molar-refractivity contribution in [2.45, 2.75) is 51.7 Å². The van der Waals surface area contributed by atoms with Crippen molar-refractivity contribution in [3.63, 3.8) is 0 Å². The molecule has 2 heteroatoms. The van der Waals surface area contributed by atoms with E-state index in [1.54, 1.807) is 0 Å². The average Bonchev–Trinajstić information content (AvgIpc) is 2.02. The van der Waals surface area contributed by atoms with Crippen molar-refractivity contribution in [1.29, 1.82) is 0 Å². The average molecular weight is 171 g/mol. The first-order chi connectivity index (χ1) is 5.58. The number of rotatable bonds is 2. The summed E-state index contributed by atoms with van der Waals surface area (Å²) in [6.45, 7) is 8.53. The fourth-order valence-electron chi connectivity index (χ4n) is 1.39. The van der Waals surface area contributed by atoms with Gasteiger partial charge in [0.05, 0.1) is 6.10 Å². The molecular weight excluding hydrogens is 150 g/mol. The van der Waals surface area contributed by atoms with Crippen LogP contribution >= 0.6 is 0 Å². The molecule has 2 nitrogen and oxygen atoms in total. The molecule has 0 aromatic rings. The largest absolute Gasteiger partial charge is 0.377 e. The van der Waals surface area contributed by atoms with E-state index in [1.807, 2.05) is 0 Å². The normalized spacial score (nSPS) is 25.8. The Kier molecular flexibility index (Phi) is 3.53. The minimum Gasteiger partial charge on any atom is -0.377 e. The lowest BCUT2D eigenvalue weighted by Gasteiger charge is -2.27. The molecule has 0 amide bonds. The topological polar surface area (TPSA) is 21.3 Å². The first-order valence-electron chi connectivity index (χ1n) is 4.94. The number of hydrogen-bond acceptors (Lipinski definition) is 2. The molecule has 1 unspecified atom stereocenters. The van der Waals surface area contributed by atoms with Gasteiger partial charge >= 0.3 is 0 Å². The molecule has 1 N–H and O–H groups in total.